The molecular weight excluding hydrogens is 293 g/mol. The molecule has 0 radical (unpaired) electrons. The average molecular weight is 303 g/mol. The van der Waals surface area contributed by atoms with Crippen LogP contribution in [0.4, 0.5) is 0 Å². The Kier molecular flexibility index (Phi) is 2.58. The first-order valence-corrected chi connectivity index (χ1v) is 5.44. The molecule has 14 heavy (non-hydrogen) atoms. The van der Waals surface area contributed by atoms with Gasteiger partial charge in [-0.2, -0.15) is 4.98 Å². The van der Waals surface area contributed by atoms with E-state index in [0.717, 1.165) is 14.8 Å². The van der Waals surface area contributed by atoms with Crippen LogP contribution in [0, 0.1) is 10.5 Å². The summed E-state index contributed by atoms with van der Waals surface area (Å²) in [4.78, 5) is 4.27. The van der Waals surface area contributed by atoms with Gasteiger partial charge in [-0.05, 0) is 48.1 Å². The molecule has 2 heterocycles. The Bertz CT molecular complexity index is 466. The Morgan fingerprint density at radius 2 is 2.36 bits per heavy atom. The molecule has 2 rings (SSSR count). The number of pyridine rings is 1. The van der Waals surface area contributed by atoms with Crippen molar-refractivity contribution in [3.8, 4) is 6.01 Å². The first-order chi connectivity index (χ1) is 6.70. The fourth-order valence-electron chi connectivity index (χ4n) is 1.28. The Morgan fingerprint density at radius 1 is 1.57 bits per heavy atom. The smallest absolute Gasteiger partial charge is 0.336 e. The molecule has 0 amide bonds. The molecule has 0 atom stereocenters. The van der Waals surface area contributed by atoms with Gasteiger partial charge in [0.25, 0.3) is 0 Å². The van der Waals surface area contributed by atoms with Crippen LogP contribution < -0.4 is 4.74 Å². The Morgan fingerprint density at radius 3 is 3.07 bits per heavy atom. The van der Waals surface area contributed by atoms with Crippen LogP contribution in [-0.2, 0) is 0 Å². The number of halogens is 1. The minimum absolute atomic E-state index is 0.442. The van der Waals surface area contributed by atoms with Gasteiger partial charge in [0.1, 0.15) is 0 Å². The van der Waals surface area contributed by atoms with Gasteiger partial charge in [-0.3, -0.25) is 0 Å². The molecule has 0 aliphatic carbocycles. The third kappa shape index (κ3) is 1.68. The molecule has 2 aromatic rings. The van der Waals surface area contributed by atoms with Crippen molar-refractivity contribution in [2.45, 2.75) is 13.8 Å². The van der Waals surface area contributed by atoms with Gasteiger partial charge in [0, 0.05) is 9.77 Å². The van der Waals surface area contributed by atoms with Crippen LogP contribution in [0.1, 0.15) is 12.5 Å². The number of nitrogens with zero attached hydrogens (tertiary/aromatic N) is 3. The molecule has 0 spiro atoms. The van der Waals surface area contributed by atoms with Crippen LogP contribution in [0.25, 0.3) is 5.65 Å². The van der Waals surface area contributed by atoms with Crippen molar-refractivity contribution in [2.24, 2.45) is 0 Å². The van der Waals surface area contributed by atoms with Crippen molar-refractivity contribution in [1.82, 2.24) is 14.6 Å². The van der Waals surface area contributed by atoms with Gasteiger partial charge in [0.05, 0.1) is 6.61 Å². The Hall–Kier alpha value is -0.850. The second-order valence-corrected chi connectivity index (χ2v) is 4.18. The Labute approximate surface area is 95.4 Å². The number of rotatable bonds is 2. The maximum absolute atomic E-state index is 5.24. The van der Waals surface area contributed by atoms with Crippen LogP contribution >= 0.6 is 22.6 Å². The lowest BCUT2D eigenvalue weighted by Gasteiger charge is -1.95. The van der Waals surface area contributed by atoms with Crippen LogP contribution in [0.3, 0.4) is 0 Å². The monoisotopic (exact) mass is 303 g/mol. The molecule has 4 nitrogen and oxygen atoms in total. The van der Waals surface area contributed by atoms with Crippen molar-refractivity contribution in [3.05, 3.63) is 21.4 Å². The van der Waals surface area contributed by atoms with Gasteiger partial charge in [-0.15, -0.1) is 5.10 Å². The molecule has 0 N–H and O–H groups in total. The number of fused-ring (bicyclic) bond motifs is 1. The lowest BCUT2D eigenvalue weighted by atomic mass is 10.3. The van der Waals surface area contributed by atoms with Gasteiger partial charge in [-0.25, -0.2) is 4.52 Å². The van der Waals surface area contributed by atoms with E-state index in [4.69, 9.17) is 4.74 Å². The molecule has 0 saturated heterocycles. The van der Waals surface area contributed by atoms with Gasteiger partial charge >= 0.3 is 6.01 Å². The Balaban J connectivity index is 2.58. The number of aryl methyl sites for hydroxylation is 1. The molecular formula is C9H10IN3O. The summed E-state index contributed by atoms with van der Waals surface area (Å²) in [6, 6.07) is 2.51. The quantitative estimate of drug-likeness (QED) is 0.797. The van der Waals surface area contributed by atoms with Crippen LogP contribution in [0.2, 0.25) is 0 Å². The molecule has 5 heteroatoms. The zero-order valence-corrected chi connectivity index (χ0v) is 10.1. The third-order valence-electron chi connectivity index (χ3n) is 1.84. The molecule has 0 aliphatic rings. The minimum atomic E-state index is 0.442. The molecule has 0 saturated carbocycles. The fraction of sp³-hybridized carbons (Fsp3) is 0.333. The van der Waals surface area contributed by atoms with E-state index in [0.29, 0.717) is 12.6 Å². The van der Waals surface area contributed by atoms with Crippen molar-refractivity contribution in [2.75, 3.05) is 6.61 Å². The lowest BCUT2D eigenvalue weighted by Crippen LogP contribution is -1.93. The van der Waals surface area contributed by atoms with Gasteiger partial charge in [0.15, 0.2) is 5.65 Å². The highest BCUT2D eigenvalue weighted by Gasteiger charge is 2.06. The summed E-state index contributed by atoms with van der Waals surface area (Å²) in [5.41, 5.74) is 1.96. The second-order valence-electron chi connectivity index (χ2n) is 2.94. The molecule has 0 bridgehead atoms. The maximum Gasteiger partial charge on any atom is 0.336 e. The zero-order chi connectivity index (χ0) is 10.1. The van der Waals surface area contributed by atoms with E-state index >= 15 is 0 Å². The highest BCUT2D eigenvalue weighted by Crippen LogP contribution is 2.15. The maximum atomic E-state index is 5.24. The SMILES string of the molecule is CCOc1nc2c(C)cc(I)cn2n1. The van der Waals surface area contributed by atoms with Crippen molar-refractivity contribution in [3.63, 3.8) is 0 Å². The van der Waals surface area contributed by atoms with E-state index in [-0.39, 0.29) is 0 Å². The first kappa shape index (κ1) is 9.70. The highest BCUT2D eigenvalue weighted by molar-refractivity contribution is 14.1. The molecule has 0 aromatic carbocycles. The highest BCUT2D eigenvalue weighted by atomic mass is 127. The van der Waals surface area contributed by atoms with Crippen molar-refractivity contribution in [1.29, 1.82) is 0 Å². The molecule has 0 aliphatic heterocycles. The summed E-state index contributed by atoms with van der Waals surface area (Å²) in [7, 11) is 0. The van der Waals surface area contributed by atoms with Gasteiger partial charge in [0.2, 0.25) is 0 Å². The van der Waals surface area contributed by atoms with E-state index in [1.165, 1.54) is 0 Å². The van der Waals surface area contributed by atoms with E-state index < -0.39 is 0 Å². The van der Waals surface area contributed by atoms with E-state index in [1.54, 1.807) is 4.52 Å². The largest absolute Gasteiger partial charge is 0.463 e. The number of hydrogen-bond donors (Lipinski definition) is 0. The fourth-order valence-corrected chi connectivity index (χ4v) is 2.01. The zero-order valence-electron chi connectivity index (χ0n) is 7.99. The predicted octanol–water partition coefficient (Wildman–Crippen LogP) is 2.04. The van der Waals surface area contributed by atoms with Crippen molar-refractivity contribution >= 4 is 28.2 Å². The average Bonchev–Trinajstić information content (AvgIpc) is 2.48. The van der Waals surface area contributed by atoms with E-state index in [9.17, 15) is 0 Å². The molecule has 0 fully saturated rings. The van der Waals surface area contributed by atoms with E-state index in [2.05, 4.69) is 38.7 Å². The molecule has 0 unspecified atom stereocenters. The summed E-state index contributed by atoms with van der Waals surface area (Å²) in [6.45, 7) is 4.53. The summed E-state index contributed by atoms with van der Waals surface area (Å²) < 4.78 is 8.13. The minimum Gasteiger partial charge on any atom is -0.463 e. The standard InChI is InChI=1S/C9H10IN3O/c1-3-14-9-11-8-6(2)4-7(10)5-13(8)12-9/h4-5H,3H2,1-2H3. The summed E-state index contributed by atoms with van der Waals surface area (Å²) in [6.07, 6.45) is 1.93. The third-order valence-corrected chi connectivity index (χ3v) is 2.43. The summed E-state index contributed by atoms with van der Waals surface area (Å²) in [5.74, 6) is 0. The van der Waals surface area contributed by atoms with Gasteiger partial charge in [-0.1, -0.05) is 0 Å². The number of ether oxygens (including phenoxy) is 1. The predicted molar refractivity (Wildman–Crippen MR) is 61.6 cm³/mol. The lowest BCUT2D eigenvalue weighted by molar-refractivity contribution is 0.313. The van der Waals surface area contributed by atoms with Crippen LogP contribution in [0.15, 0.2) is 12.3 Å². The summed E-state index contributed by atoms with van der Waals surface area (Å²) in [5, 5.41) is 4.20. The number of aromatic nitrogens is 3. The molecule has 74 valence electrons. The van der Waals surface area contributed by atoms with Crippen LogP contribution in [0.5, 0.6) is 6.01 Å². The van der Waals surface area contributed by atoms with Crippen molar-refractivity contribution < 1.29 is 4.74 Å². The topological polar surface area (TPSA) is 39.4 Å². The van der Waals surface area contributed by atoms with Crippen LogP contribution in [-0.4, -0.2) is 21.2 Å². The molecule has 2 aromatic heterocycles. The van der Waals surface area contributed by atoms with E-state index in [1.807, 2.05) is 20.0 Å². The normalized spacial score (nSPS) is 10.8. The first-order valence-electron chi connectivity index (χ1n) is 4.36. The second kappa shape index (κ2) is 3.72. The summed E-state index contributed by atoms with van der Waals surface area (Å²) >= 11 is 2.25. The number of hydrogen-bond acceptors (Lipinski definition) is 3. The van der Waals surface area contributed by atoms with Gasteiger partial charge < -0.3 is 4.74 Å².